The second-order valence-corrected chi connectivity index (χ2v) is 3.96. The normalized spacial score (nSPS) is 9.60. The van der Waals surface area contributed by atoms with Gasteiger partial charge in [-0.25, -0.2) is 9.59 Å². The highest BCUT2D eigenvalue weighted by Crippen LogP contribution is 2.08. The molecule has 0 heterocycles. The Morgan fingerprint density at radius 3 is 2.15 bits per heavy atom. The number of carbonyl (C=O) groups excluding carboxylic acids is 2. The summed E-state index contributed by atoms with van der Waals surface area (Å²) in [5.41, 5.74) is 0.654. The first-order valence-corrected chi connectivity index (χ1v) is 6.09. The number of nitrogens with one attached hydrogen (secondary N) is 2. The van der Waals surface area contributed by atoms with Gasteiger partial charge in [0.2, 0.25) is 0 Å². The maximum Gasteiger partial charge on any atom is 0.330 e. The summed E-state index contributed by atoms with van der Waals surface area (Å²) in [6.07, 6.45) is 0. The van der Waals surface area contributed by atoms with Crippen molar-refractivity contribution >= 4 is 17.7 Å². The van der Waals surface area contributed by atoms with Crippen molar-refractivity contribution in [1.29, 1.82) is 0 Å². The number of hydrogen-bond donors (Lipinski definition) is 2. The van der Waals surface area contributed by atoms with Crippen molar-refractivity contribution in [2.24, 2.45) is 0 Å². The Labute approximate surface area is 116 Å². The number of para-hydroxylation sites is 2. The Kier molecular flexibility index (Phi) is 4.72. The van der Waals surface area contributed by atoms with E-state index in [2.05, 4.69) is 10.6 Å². The van der Waals surface area contributed by atoms with Gasteiger partial charge < -0.3 is 15.4 Å². The van der Waals surface area contributed by atoms with Crippen molar-refractivity contribution in [1.82, 2.24) is 5.32 Å². The zero-order chi connectivity index (χ0) is 14.2. The maximum absolute atomic E-state index is 11.5. The van der Waals surface area contributed by atoms with Crippen LogP contribution in [0.15, 0.2) is 60.7 Å². The molecule has 0 radical (unpaired) electrons. The number of benzene rings is 2. The van der Waals surface area contributed by atoms with Gasteiger partial charge in [-0.05, 0) is 24.3 Å². The minimum Gasteiger partial charge on any atom is -0.425 e. The maximum atomic E-state index is 11.5. The third-order valence-electron chi connectivity index (χ3n) is 2.40. The summed E-state index contributed by atoms with van der Waals surface area (Å²) in [6.45, 7) is -0.201. The molecule has 20 heavy (non-hydrogen) atoms. The van der Waals surface area contributed by atoms with E-state index in [0.717, 1.165) is 0 Å². The molecule has 5 heteroatoms. The van der Waals surface area contributed by atoms with Gasteiger partial charge >= 0.3 is 12.0 Å². The van der Waals surface area contributed by atoms with Crippen LogP contribution in [-0.4, -0.2) is 18.5 Å². The third-order valence-corrected chi connectivity index (χ3v) is 2.40. The van der Waals surface area contributed by atoms with Crippen LogP contribution in [-0.2, 0) is 4.79 Å². The van der Waals surface area contributed by atoms with E-state index in [1.807, 2.05) is 12.1 Å². The average molecular weight is 270 g/mol. The topological polar surface area (TPSA) is 67.4 Å². The second kappa shape index (κ2) is 6.94. The molecule has 2 amide bonds. The van der Waals surface area contributed by atoms with Gasteiger partial charge in [-0.15, -0.1) is 0 Å². The van der Waals surface area contributed by atoms with Crippen LogP contribution in [0.3, 0.4) is 0 Å². The third kappa shape index (κ3) is 4.45. The highest BCUT2D eigenvalue weighted by molar-refractivity contribution is 5.91. The number of urea groups is 1. The number of hydrogen-bond acceptors (Lipinski definition) is 3. The summed E-state index contributed by atoms with van der Waals surface area (Å²) in [6, 6.07) is 17.2. The van der Waals surface area contributed by atoms with Gasteiger partial charge in [0, 0.05) is 5.69 Å². The fourth-order valence-electron chi connectivity index (χ4n) is 1.51. The summed E-state index contributed by atoms with van der Waals surface area (Å²) >= 11 is 0. The summed E-state index contributed by atoms with van der Waals surface area (Å²) in [5.74, 6) is -0.0813. The molecule has 0 bridgehead atoms. The van der Waals surface area contributed by atoms with E-state index in [0.29, 0.717) is 11.4 Å². The van der Waals surface area contributed by atoms with Gasteiger partial charge in [-0.1, -0.05) is 36.4 Å². The molecule has 0 aliphatic rings. The summed E-state index contributed by atoms with van der Waals surface area (Å²) < 4.78 is 5.03. The van der Waals surface area contributed by atoms with Crippen molar-refractivity contribution < 1.29 is 14.3 Å². The molecule has 2 rings (SSSR count). The van der Waals surface area contributed by atoms with Crippen LogP contribution in [0.2, 0.25) is 0 Å². The lowest BCUT2D eigenvalue weighted by Crippen LogP contribution is -2.35. The number of esters is 1. The van der Waals surface area contributed by atoms with E-state index in [1.54, 1.807) is 48.5 Å². The largest absolute Gasteiger partial charge is 0.425 e. The molecule has 2 aromatic carbocycles. The molecule has 2 aromatic rings. The van der Waals surface area contributed by atoms with Crippen molar-refractivity contribution in [3.8, 4) is 5.75 Å². The molecule has 0 saturated heterocycles. The molecule has 0 aliphatic carbocycles. The lowest BCUT2D eigenvalue weighted by Gasteiger charge is -2.07. The molecule has 0 atom stereocenters. The Bertz CT molecular complexity index is 517. The lowest BCUT2D eigenvalue weighted by atomic mass is 10.3. The van der Waals surface area contributed by atoms with E-state index in [4.69, 9.17) is 4.74 Å². The van der Waals surface area contributed by atoms with Crippen LogP contribution in [0, 0.1) is 0 Å². The van der Waals surface area contributed by atoms with E-state index >= 15 is 0 Å². The molecule has 2 N–H and O–H groups in total. The van der Waals surface area contributed by atoms with E-state index < -0.39 is 12.0 Å². The van der Waals surface area contributed by atoms with Crippen LogP contribution in [0.1, 0.15) is 0 Å². The fourth-order valence-corrected chi connectivity index (χ4v) is 1.51. The zero-order valence-electron chi connectivity index (χ0n) is 10.7. The van der Waals surface area contributed by atoms with Crippen LogP contribution in [0.4, 0.5) is 10.5 Å². The van der Waals surface area contributed by atoms with Crippen LogP contribution in [0.5, 0.6) is 5.75 Å². The van der Waals surface area contributed by atoms with Gasteiger partial charge in [-0.3, -0.25) is 0 Å². The predicted octanol–water partition coefficient (Wildman–Crippen LogP) is 2.41. The summed E-state index contributed by atoms with van der Waals surface area (Å²) in [5, 5.41) is 5.03. The Morgan fingerprint density at radius 1 is 0.900 bits per heavy atom. The zero-order valence-corrected chi connectivity index (χ0v) is 10.7. The molecule has 0 spiro atoms. The van der Waals surface area contributed by atoms with Crippen LogP contribution < -0.4 is 15.4 Å². The van der Waals surface area contributed by atoms with Crippen molar-refractivity contribution in [2.45, 2.75) is 0 Å². The van der Waals surface area contributed by atoms with Gasteiger partial charge in [0.15, 0.2) is 0 Å². The lowest BCUT2D eigenvalue weighted by molar-refractivity contribution is -0.133. The first-order valence-electron chi connectivity index (χ1n) is 6.09. The van der Waals surface area contributed by atoms with Gasteiger partial charge in [0.25, 0.3) is 0 Å². The molecule has 102 valence electrons. The molecule has 5 nitrogen and oxygen atoms in total. The van der Waals surface area contributed by atoms with E-state index in [9.17, 15) is 9.59 Å². The molecule has 0 unspecified atom stereocenters. The van der Waals surface area contributed by atoms with Crippen molar-refractivity contribution in [3.05, 3.63) is 60.7 Å². The number of amides is 2. The fraction of sp³-hybridized carbons (Fsp3) is 0.0667. The summed E-state index contributed by atoms with van der Waals surface area (Å²) in [4.78, 5) is 23.0. The first kappa shape index (κ1) is 13.6. The minimum atomic E-state index is -0.528. The van der Waals surface area contributed by atoms with E-state index in [1.165, 1.54) is 0 Å². The van der Waals surface area contributed by atoms with Gasteiger partial charge in [-0.2, -0.15) is 0 Å². The Balaban J connectivity index is 1.75. The van der Waals surface area contributed by atoms with Crippen molar-refractivity contribution in [2.75, 3.05) is 11.9 Å². The average Bonchev–Trinajstić information content (AvgIpc) is 2.47. The highest BCUT2D eigenvalue weighted by atomic mass is 16.5. The minimum absolute atomic E-state index is 0.201. The quantitative estimate of drug-likeness (QED) is 0.662. The van der Waals surface area contributed by atoms with Crippen LogP contribution in [0.25, 0.3) is 0 Å². The summed E-state index contributed by atoms with van der Waals surface area (Å²) in [7, 11) is 0. The molecule has 0 aromatic heterocycles. The van der Waals surface area contributed by atoms with Crippen molar-refractivity contribution in [3.63, 3.8) is 0 Å². The monoisotopic (exact) mass is 270 g/mol. The smallest absolute Gasteiger partial charge is 0.330 e. The number of anilines is 1. The standard InChI is InChI=1S/C15H14N2O3/c18-14(20-13-9-5-2-6-10-13)11-16-15(19)17-12-7-3-1-4-8-12/h1-10H,11H2,(H2,16,17,19). The molecular formula is C15H14N2O3. The van der Waals surface area contributed by atoms with E-state index in [-0.39, 0.29) is 6.54 Å². The molecule has 0 saturated carbocycles. The highest BCUT2D eigenvalue weighted by Gasteiger charge is 2.07. The Hall–Kier alpha value is -2.82. The first-order chi connectivity index (χ1) is 9.74. The van der Waals surface area contributed by atoms with Gasteiger partial charge in [0.1, 0.15) is 12.3 Å². The van der Waals surface area contributed by atoms with Crippen LogP contribution >= 0.6 is 0 Å². The molecular weight excluding hydrogens is 256 g/mol. The molecule has 0 aliphatic heterocycles. The number of rotatable bonds is 4. The van der Waals surface area contributed by atoms with Gasteiger partial charge in [0.05, 0.1) is 0 Å². The second-order valence-electron chi connectivity index (χ2n) is 3.96. The number of carbonyl (C=O) groups is 2. The SMILES string of the molecule is O=C(NCC(=O)Oc1ccccc1)Nc1ccccc1. The Morgan fingerprint density at radius 2 is 1.50 bits per heavy atom. The predicted molar refractivity (Wildman–Crippen MR) is 75.5 cm³/mol. The molecule has 0 fully saturated rings. The number of ether oxygens (including phenoxy) is 1.